The SMILES string of the molecule is C1CCCCC1.COc1cccc([C@H](O)CCN)c1. The predicted octanol–water partition coefficient (Wildman–Crippen LogP) is 3.42. The van der Waals surface area contributed by atoms with Gasteiger partial charge in [-0.2, -0.15) is 0 Å². The number of rotatable bonds is 4. The number of aliphatic hydroxyl groups excluding tert-OH is 1. The van der Waals surface area contributed by atoms with Gasteiger partial charge in [0.05, 0.1) is 13.2 Å². The Morgan fingerprint density at radius 3 is 2.21 bits per heavy atom. The van der Waals surface area contributed by atoms with Crippen molar-refractivity contribution in [3.63, 3.8) is 0 Å². The van der Waals surface area contributed by atoms with E-state index in [2.05, 4.69) is 0 Å². The molecule has 108 valence electrons. The number of benzene rings is 1. The van der Waals surface area contributed by atoms with Crippen molar-refractivity contribution in [3.8, 4) is 5.75 Å². The molecule has 0 spiro atoms. The average Bonchev–Trinajstić information content (AvgIpc) is 2.50. The number of ether oxygens (including phenoxy) is 1. The molecule has 0 saturated heterocycles. The van der Waals surface area contributed by atoms with Crippen molar-refractivity contribution < 1.29 is 9.84 Å². The van der Waals surface area contributed by atoms with E-state index in [0.717, 1.165) is 11.3 Å². The van der Waals surface area contributed by atoms with Crippen LogP contribution in [0.4, 0.5) is 0 Å². The maximum atomic E-state index is 9.60. The maximum Gasteiger partial charge on any atom is 0.119 e. The van der Waals surface area contributed by atoms with Crippen LogP contribution < -0.4 is 10.5 Å². The number of aliphatic hydroxyl groups is 1. The molecule has 0 amide bonds. The molecule has 1 aliphatic carbocycles. The van der Waals surface area contributed by atoms with Gasteiger partial charge >= 0.3 is 0 Å². The average molecular weight is 265 g/mol. The van der Waals surface area contributed by atoms with E-state index >= 15 is 0 Å². The summed E-state index contributed by atoms with van der Waals surface area (Å²) in [6.45, 7) is 0.485. The van der Waals surface area contributed by atoms with Crippen LogP contribution in [-0.4, -0.2) is 18.8 Å². The predicted molar refractivity (Wildman–Crippen MR) is 79.3 cm³/mol. The highest BCUT2D eigenvalue weighted by Crippen LogP contribution is 2.20. The van der Waals surface area contributed by atoms with Crippen molar-refractivity contribution in [1.29, 1.82) is 0 Å². The van der Waals surface area contributed by atoms with Crippen LogP contribution in [0.1, 0.15) is 56.6 Å². The minimum atomic E-state index is -0.486. The molecule has 1 aromatic carbocycles. The Kier molecular flexibility index (Phi) is 8.26. The molecule has 1 aliphatic rings. The van der Waals surface area contributed by atoms with Crippen LogP contribution in [0.15, 0.2) is 24.3 Å². The number of hydrogen-bond acceptors (Lipinski definition) is 3. The summed E-state index contributed by atoms with van der Waals surface area (Å²) in [5.41, 5.74) is 6.20. The van der Waals surface area contributed by atoms with Crippen molar-refractivity contribution in [2.45, 2.75) is 51.0 Å². The molecular formula is C16H27NO2. The Morgan fingerprint density at radius 1 is 1.16 bits per heavy atom. The Balaban J connectivity index is 0.000000250. The van der Waals surface area contributed by atoms with Crippen LogP contribution in [0.5, 0.6) is 5.75 Å². The second-order valence-electron chi connectivity index (χ2n) is 4.99. The lowest BCUT2D eigenvalue weighted by molar-refractivity contribution is 0.170. The standard InChI is InChI=1S/C10H15NO2.C6H12/c1-13-9-4-2-3-8(7-9)10(12)5-6-11;1-2-4-6-5-3-1/h2-4,7,10,12H,5-6,11H2,1H3;1-6H2/t10-;/m1./s1. The van der Waals surface area contributed by atoms with Gasteiger partial charge in [-0.1, -0.05) is 50.7 Å². The number of hydrogen-bond donors (Lipinski definition) is 2. The molecule has 0 aliphatic heterocycles. The second kappa shape index (κ2) is 9.82. The van der Waals surface area contributed by atoms with Crippen LogP contribution in [0.2, 0.25) is 0 Å². The van der Waals surface area contributed by atoms with Crippen LogP contribution in [0.3, 0.4) is 0 Å². The molecule has 0 heterocycles. The summed E-state index contributed by atoms with van der Waals surface area (Å²) in [6.07, 6.45) is 9.09. The van der Waals surface area contributed by atoms with Gasteiger partial charge < -0.3 is 15.6 Å². The lowest BCUT2D eigenvalue weighted by Crippen LogP contribution is -2.06. The Hall–Kier alpha value is -1.06. The van der Waals surface area contributed by atoms with Gasteiger partial charge in [0.1, 0.15) is 5.75 Å². The smallest absolute Gasteiger partial charge is 0.119 e. The van der Waals surface area contributed by atoms with Gasteiger partial charge in [-0.3, -0.25) is 0 Å². The van der Waals surface area contributed by atoms with E-state index < -0.39 is 6.10 Å². The minimum absolute atomic E-state index is 0.485. The van der Waals surface area contributed by atoms with Gasteiger partial charge in [0.25, 0.3) is 0 Å². The van der Waals surface area contributed by atoms with Gasteiger partial charge in [-0.15, -0.1) is 0 Å². The van der Waals surface area contributed by atoms with E-state index in [0.29, 0.717) is 13.0 Å². The van der Waals surface area contributed by atoms with E-state index in [4.69, 9.17) is 10.5 Å². The molecular weight excluding hydrogens is 238 g/mol. The van der Waals surface area contributed by atoms with Crippen LogP contribution >= 0.6 is 0 Å². The summed E-state index contributed by atoms with van der Waals surface area (Å²) < 4.78 is 5.04. The number of methoxy groups -OCH3 is 1. The summed E-state index contributed by atoms with van der Waals surface area (Å²) in [5.74, 6) is 0.758. The first-order valence-electron chi connectivity index (χ1n) is 7.30. The molecule has 0 bridgehead atoms. The Labute approximate surface area is 116 Å². The normalized spacial score (nSPS) is 16.2. The first kappa shape index (κ1) is 16.0. The third-order valence-corrected chi connectivity index (χ3v) is 3.42. The van der Waals surface area contributed by atoms with Crippen molar-refractivity contribution in [2.24, 2.45) is 5.73 Å². The van der Waals surface area contributed by atoms with Gasteiger partial charge in [0.2, 0.25) is 0 Å². The molecule has 2 rings (SSSR count). The van der Waals surface area contributed by atoms with Gasteiger partial charge in [-0.05, 0) is 30.7 Å². The first-order chi connectivity index (χ1) is 9.27. The lowest BCUT2D eigenvalue weighted by Gasteiger charge is -2.10. The Morgan fingerprint density at radius 2 is 1.74 bits per heavy atom. The van der Waals surface area contributed by atoms with Crippen molar-refractivity contribution in [1.82, 2.24) is 0 Å². The van der Waals surface area contributed by atoms with E-state index in [1.165, 1.54) is 38.5 Å². The van der Waals surface area contributed by atoms with Gasteiger partial charge in [0.15, 0.2) is 0 Å². The summed E-state index contributed by atoms with van der Waals surface area (Å²) in [6, 6.07) is 7.38. The van der Waals surface area contributed by atoms with Crippen LogP contribution in [0.25, 0.3) is 0 Å². The summed E-state index contributed by atoms with van der Waals surface area (Å²) >= 11 is 0. The molecule has 1 fully saturated rings. The first-order valence-corrected chi connectivity index (χ1v) is 7.30. The fraction of sp³-hybridized carbons (Fsp3) is 0.625. The molecule has 1 atom stereocenters. The number of nitrogens with two attached hydrogens (primary N) is 1. The fourth-order valence-corrected chi connectivity index (χ4v) is 2.23. The second-order valence-corrected chi connectivity index (χ2v) is 4.99. The van der Waals surface area contributed by atoms with Gasteiger partial charge in [0, 0.05) is 0 Å². The summed E-state index contributed by atoms with van der Waals surface area (Å²) in [7, 11) is 1.61. The zero-order valence-electron chi connectivity index (χ0n) is 12.0. The summed E-state index contributed by atoms with van der Waals surface area (Å²) in [4.78, 5) is 0. The fourth-order valence-electron chi connectivity index (χ4n) is 2.23. The van der Waals surface area contributed by atoms with E-state index in [1.54, 1.807) is 7.11 Å². The molecule has 0 unspecified atom stereocenters. The van der Waals surface area contributed by atoms with E-state index in [-0.39, 0.29) is 0 Å². The van der Waals surface area contributed by atoms with Crippen LogP contribution in [0, 0.1) is 0 Å². The maximum absolute atomic E-state index is 9.60. The Bertz CT molecular complexity index is 326. The quantitative estimate of drug-likeness (QED) is 0.877. The summed E-state index contributed by atoms with van der Waals surface area (Å²) in [5, 5.41) is 9.60. The van der Waals surface area contributed by atoms with Crippen molar-refractivity contribution in [2.75, 3.05) is 13.7 Å². The monoisotopic (exact) mass is 265 g/mol. The third-order valence-electron chi connectivity index (χ3n) is 3.42. The van der Waals surface area contributed by atoms with E-state index in [9.17, 15) is 5.11 Å². The largest absolute Gasteiger partial charge is 0.497 e. The topological polar surface area (TPSA) is 55.5 Å². The highest BCUT2D eigenvalue weighted by molar-refractivity contribution is 5.29. The lowest BCUT2D eigenvalue weighted by atomic mass is 10.0. The molecule has 3 nitrogen and oxygen atoms in total. The zero-order valence-corrected chi connectivity index (χ0v) is 12.0. The van der Waals surface area contributed by atoms with Gasteiger partial charge in [-0.25, -0.2) is 0 Å². The highest BCUT2D eigenvalue weighted by Gasteiger charge is 2.06. The highest BCUT2D eigenvalue weighted by atomic mass is 16.5. The molecule has 0 aromatic heterocycles. The van der Waals surface area contributed by atoms with Crippen molar-refractivity contribution >= 4 is 0 Å². The molecule has 1 saturated carbocycles. The molecule has 1 aromatic rings. The zero-order chi connectivity index (χ0) is 13.9. The minimum Gasteiger partial charge on any atom is -0.497 e. The molecule has 0 radical (unpaired) electrons. The molecule has 19 heavy (non-hydrogen) atoms. The van der Waals surface area contributed by atoms with E-state index in [1.807, 2.05) is 24.3 Å². The third kappa shape index (κ3) is 6.60. The molecule has 3 heteroatoms. The molecule has 3 N–H and O–H groups in total. The van der Waals surface area contributed by atoms with Crippen molar-refractivity contribution in [3.05, 3.63) is 29.8 Å². The van der Waals surface area contributed by atoms with Crippen LogP contribution in [-0.2, 0) is 0 Å².